The van der Waals surface area contributed by atoms with E-state index < -0.39 is 0 Å². The fourth-order valence-electron chi connectivity index (χ4n) is 3.90. The second-order valence-electron chi connectivity index (χ2n) is 7.02. The van der Waals surface area contributed by atoms with Crippen molar-refractivity contribution >= 4 is 29.3 Å². The molecule has 3 aromatic rings. The molecule has 2 aliphatic rings. The molecule has 0 bridgehead atoms. The first-order valence-electron chi connectivity index (χ1n) is 9.04. The van der Waals surface area contributed by atoms with Crippen molar-refractivity contribution in [1.82, 2.24) is 14.8 Å². The fourth-order valence-corrected chi connectivity index (χ4v) is 3.90. The van der Waals surface area contributed by atoms with Gasteiger partial charge in [0, 0.05) is 55.8 Å². The van der Waals surface area contributed by atoms with E-state index in [9.17, 15) is 4.79 Å². The number of anilines is 4. The maximum absolute atomic E-state index is 11.8. The maximum Gasteiger partial charge on any atom is 0.214 e. The lowest BCUT2D eigenvalue weighted by molar-refractivity contribution is -0.107. The number of benzene rings is 1. The van der Waals surface area contributed by atoms with E-state index in [-0.39, 0.29) is 0 Å². The first-order chi connectivity index (χ1) is 13.2. The number of fused-ring (bicyclic) bond motifs is 3. The highest BCUT2D eigenvalue weighted by Gasteiger charge is 2.23. The average molecular weight is 360 g/mol. The van der Waals surface area contributed by atoms with Crippen LogP contribution in [0.2, 0.25) is 0 Å². The molecular weight excluding hydrogens is 340 g/mol. The number of amides is 1. The number of aryl methyl sites for hydroxylation is 1. The Hall–Kier alpha value is -3.35. The lowest BCUT2D eigenvalue weighted by Gasteiger charge is -2.29. The van der Waals surface area contributed by atoms with Crippen LogP contribution in [0.25, 0.3) is 0 Å². The van der Waals surface area contributed by atoms with Gasteiger partial charge in [-0.15, -0.1) is 0 Å². The Morgan fingerprint density at radius 1 is 1.19 bits per heavy atom. The topological polar surface area (TPSA) is 66.3 Å². The van der Waals surface area contributed by atoms with Crippen LogP contribution in [0.5, 0.6) is 0 Å². The van der Waals surface area contributed by atoms with Crippen LogP contribution in [0, 0.1) is 0 Å². The third-order valence-corrected chi connectivity index (χ3v) is 5.24. The molecule has 0 saturated heterocycles. The van der Waals surface area contributed by atoms with Crippen LogP contribution in [-0.2, 0) is 31.4 Å². The van der Waals surface area contributed by atoms with Gasteiger partial charge in [0.05, 0.1) is 23.6 Å². The molecule has 0 aliphatic carbocycles. The van der Waals surface area contributed by atoms with E-state index in [0.717, 1.165) is 54.4 Å². The highest BCUT2D eigenvalue weighted by atomic mass is 16.1. The molecule has 0 radical (unpaired) electrons. The number of hydrogen-bond donors (Lipinski definition) is 1. The normalized spacial score (nSPS) is 15.3. The molecule has 5 rings (SSSR count). The minimum absolute atomic E-state index is 0.503. The van der Waals surface area contributed by atoms with Gasteiger partial charge in [0.2, 0.25) is 6.41 Å². The molecular formula is C20H20N6O. The van der Waals surface area contributed by atoms with Gasteiger partial charge < -0.3 is 15.1 Å². The molecule has 1 N–H and O–H groups in total. The summed E-state index contributed by atoms with van der Waals surface area (Å²) in [6.45, 7) is 2.25. The summed E-state index contributed by atoms with van der Waals surface area (Å²) in [7, 11) is 1.96. The van der Waals surface area contributed by atoms with Crippen LogP contribution >= 0.6 is 0 Å². The first kappa shape index (κ1) is 15.9. The summed E-state index contributed by atoms with van der Waals surface area (Å²) in [6, 6.07) is 10.1. The van der Waals surface area contributed by atoms with Crippen molar-refractivity contribution in [2.45, 2.75) is 19.5 Å². The molecule has 2 aromatic heterocycles. The van der Waals surface area contributed by atoms with Crippen LogP contribution in [0.1, 0.15) is 16.8 Å². The number of nitrogens with one attached hydrogen (secondary N) is 1. The molecule has 0 unspecified atom stereocenters. The molecule has 1 aromatic carbocycles. The summed E-state index contributed by atoms with van der Waals surface area (Å²) in [5.74, 6) is 0.800. The van der Waals surface area contributed by atoms with Gasteiger partial charge >= 0.3 is 0 Å². The zero-order chi connectivity index (χ0) is 18.4. The molecule has 7 nitrogen and oxygen atoms in total. The van der Waals surface area contributed by atoms with Crippen molar-refractivity contribution < 1.29 is 4.79 Å². The number of rotatable bonds is 2. The molecule has 0 saturated carbocycles. The quantitative estimate of drug-likeness (QED) is 0.712. The van der Waals surface area contributed by atoms with E-state index in [1.807, 2.05) is 29.9 Å². The van der Waals surface area contributed by atoms with Gasteiger partial charge in [-0.1, -0.05) is 6.07 Å². The Kier molecular flexibility index (Phi) is 3.60. The molecule has 0 spiro atoms. The second-order valence-corrected chi connectivity index (χ2v) is 7.02. The Morgan fingerprint density at radius 2 is 2.11 bits per heavy atom. The zero-order valence-electron chi connectivity index (χ0n) is 15.1. The summed E-state index contributed by atoms with van der Waals surface area (Å²) in [4.78, 5) is 20.3. The summed E-state index contributed by atoms with van der Waals surface area (Å²) < 4.78 is 1.88. The monoisotopic (exact) mass is 360 g/mol. The minimum atomic E-state index is 0.503. The molecule has 27 heavy (non-hydrogen) atoms. The molecule has 136 valence electrons. The standard InChI is InChI=1S/C20H20N6O/c1-24-10-15-12-25(8-6-17(15)23-24)16-4-5-18-19(9-16)26(13-27)11-14-3-2-7-21-20(14)22-18/h2-5,7,9-10,13H,6,8,11-12H2,1H3,(H,21,22). The smallest absolute Gasteiger partial charge is 0.214 e. The molecule has 7 heteroatoms. The van der Waals surface area contributed by atoms with Crippen LogP contribution in [0.4, 0.5) is 22.9 Å². The van der Waals surface area contributed by atoms with Gasteiger partial charge in [-0.2, -0.15) is 5.10 Å². The van der Waals surface area contributed by atoms with Gasteiger partial charge in [0.15, 0.2) is 0 Å². The Bertz CT molecular complexity index is 1030. The van der Waals surface area contributed by atoms with Gasteiger partial charge in [-0.05, 0) is 24.3 Å². The van der Waals surface area contributed by atoms with E-state index in [1.54, 1.807) is 11.1 Å². The lowest BCUT2D eigenvalue weighted by atomic mass is 10.1. The number of pyridine rings is 1. The van der Waals surface area contributed by atoms with Crippen LogP contribution in [0.15, 0.2) is 42.7 Å². The first-order valence-corrected chi connectivity index (χ1v) is 9.04. The van der Waals surface area contributed by atoms with E-state index in [4.69, 9.17) is 0 Å². The van der Waals surface area contributed by atoms with Gasteiger partial charge in [-0.3, -0.25) is 9.48 Å². The Labute approximate surface area is 157 Å². The molecule has 4 heterocycles. The van der Waals surface area contributed by atoms with Crippen molar-refractivity contribution in [1.29, 1.82) is 0 Å². The van der Waals surface area contributed by atoms with E-state index >= 15 is 0 Å². The van der Waals surface area contributed by atoms with Crippen molar-refractivity contribution in [2.75, 3.05) is 21.7 Å². The Morgan fingerprint density at radius 3 is 3.00 bits per heavy atom. The van der Waals surface area contributed by atoms with E-state index in [1.165, 1.54) is 11.3 Å². The van der Waals surface area contributed by atoms with Crippen LogP contribution in [-0.4, -0.2) is 27.7 Å². The number of carbonyl (C=O) groups excluding carboxylic acids is 1. The van der Waals surface area contributed by atoms with Gasteiger partial charge in [0.25, 0.3) is 0 Å². The summed E-state index contributed by atoms with van der Waals surface area (Å²) in [5, 5.41) is 7.90. The van der Waals surface area contributed by atoms with Crippen LogP contribution in [0.3, 0.4) is 0 Å². The number of carbonyl (C=O) groups is 1. The predicted octanol–water partition coefficient (Wildman–Crippen LogP) is 2.60. The SMILES string of the molecule is Cn1cc2c(n1)CCN(c1ccc3c(c1)N(C=O)Cc1cccnc1N3)C2. The second kappa shape index (κ2) is 6.12. The fraction of sp³-hybridized carbons (Fsp3) is 0.250. The zero-order valence-corrected chi connectivity index (χ0v) is 15.1. The summed E-state index contributed by atoms with van der Waals surface area (Å²) in [5.41, 5.74) is 6.32. The highest BCUT2D eigenvalue weighted by Crippen LogP contribution is 2.37. The molecule has 2 aliphatic heterocycles. The lowest BCUT2D eigenvalue weighted by Crippen LogP contribution is -2.30. The molecule has 0 fully saturated rings. The van der Waals surface area contributed by atoms with Gasteiger partial charge in [-0.25, -0.2) is 4.98 Å². The molecule has 0 atom stereocenters. The number of nitrogens with zero attached hydrogens (tertiary/aromatic N) is 5. The van der Waals surface area contributed by atoms with Gasteiger partial charge in [0.1, 0.15) is 5.82 Å². The van der Waals surface area contributed by atoms with Crippen LogP contribution < -0.4 is 15.1 Å². The Balaban J connectivity index is 1.50. The maximum atomic E-state index is 11.8. The van der Waals surface area contributed by atoms with E-state index in [2.05, 4.69) is 38.6 Å². The molecule has 1 amide bonds. The number of hydrogen-bond acceptors (Lipinski definition) is 5. The minimum Gasteiger partial charge on any atom is -0.367 e. The van der Waals surface area contributed by atoms with Crippen molar-refractivity contribution in [3.05, 3.63) is 59.5 Å². The highest BCUT2D eigenvalue weighted by molar-refractivity contribution is 5.89. The summed E-state index contributed by atoms with van der Waals surface area (Å²) in [6.07, 6.45) is 5.67. The van der Waals surface area contributed by atoms with Crippen molar-refractivity contribution in [3.8, 4) is 0 Å². The third kappa shape index (κ3) is 2.71. The predicted molar refractivity (Wildman–Crippen MR) is 104 cm³/mol. The van der Waals surface area contributed by atoms with Crippen molar-refractivity contribution in [2.24, 2.45) is 7.05 Å². The van der Waals surface area contributed by atoms with E-state index in [0.29, 0.717) is 6.54 Å². The average Bonchev–Trinajstić information content (AvgIpc) is 2.98. The largest absolute Gasteiger partial charge is 0.367 e. The van der Waals surface area contributed by atoms with Crippen molar-refractivity contribution in [3.63, 3.8) is 0 Å². The summed E-state index contributed by atoms with van der Waals surface area (Å²) >= 11 is 0. The third-order valence-electron chi connectivity index (χ3n) is 5.24. The number of aromatic nitrogens is 3.